The molecule has 0 aliphatic rings. The fraction of sp³-hybridized carbons (Fsp3) is 0.708. The fourth-order valence-electron chi connectivity index (χ4n) is 3.71. The minimum atomic E-state index is -2.51. The molecule has 0 amide bonds. The summed E-state index contributed by atoms with van der Waals surface area (Å²) in [5.41, 5.74) is 0.395. The minimum absolute atomic E-state index is 0.0213. The molecule has 188 valence electrons. The lowest BCUT2D eigenvalue weighted by Crippen LogP contribution is -2.45. The number of nitrogens with zero attached hydrogens (tertiary/aromatic N) is 1. The molecule has 9 heteroatoms. The number of hydrogen-bond donors (Lipinski definition) is 0. The lowest BCUT2D eigenvalue weighted by atomic mass is 10.1. The van der Waals surface area contributed by atoms with Crippen molar-refractivity contribution in [1.82, 2.24) is 0 Å². The lowest BCUT2D eigenvalue weighted by Gasteiger charge is -2.28. The molecule has 1 aromatic rings. The third kappa shape index (κ3) is 12.3. The fourth-order valence-corrected chi connectivity index (χ4v) is 6.40. The summed E-state index contributed by atoms with van der Waals surface area (Å²) in [7, 11) is -2.51. The van der Waals surface area contributed by atoms with E-state index in [1.807, 2.05) is 20.8 Å². The summed E-state index contributed by atoms with van der Waals surface area (Å²) in [5.74, 6) is -0.307. The summed E-state index contributed by atoms with van der Waals surface area (Å²) in [4.78, 5) is 22.4. The first kappa shape index (κ1) is 29.2. The summed E-state index contributed by atoms with van der Waals surface area (Å²) in [5, 5.41) is 11.0. The highest BCUT2D eigenvalue weighted by Gasteiger charge is 2.39. The molecule has 0 fully saturated rings. The number of nitro benzene ring substituents is 1. The number of unbranched alkanes of at least 4 members (excludes halogenated alkanes) is 7. The smallest absolute Gasteiger partial charge is 0.461 e. The Morgan fingerprint density at radius 2 is 1.36 bits per heavy atom. The molecule has 0 aromatic heterocycles. The van der Waals surface area contributed by atoms with Gasteiger partial charge in [-0.3, -0.25) is 14.9 Å². The van der Waals surface area contributed by atoms with Gasteiger partial charge < -0.3 is 18.0 Å². The predicted molar refractivity (Wildman–Crippen MR) is 130 cm³/mol. The van der Waals surface area contributed by atoms with Gasteiger partial charge in [-0.1, -0.05) is 50.7 Å². The average molecular weight is 484 g/mol. The van der Waals surface area contributed by atoms with Crippen molar-refractivity contribution in [1.29, 1.82) is 0 Å². The number of carbonyl (C=O) groups excluding carboxylic acids is 1. The molecule has 0 saturated carbocycles. The Morgan fingerprint density at radius 3 is 1.91 bits per heavy atom. The standard InChI is InChI=1S/C24H41NO7Si/c1-4-30-33(31-5-2,32-6-3)20-16-12-10-8-7-9-11-13-19-24(26)29-21-22-17-14-15-18-23(22)25(27)28/h14-15,17-18H,4-13,16,19-21H2,1-3H3. The molecule has 8 nitrogen and oxygen atoms in total. The number of carbonyl (C=O) groups is 1. The van der Waals surface area contributed by atoms with Crippen molar-refractivity contribution in [3.05, 3.63) is 39.9 Å². The van der Waals surface area contributed by atoms with Crippen LogP contribution in [0, 0.1) is 10.1 Å². The average Bonchev–Trinajstić information content (AvgIpc) is 2.79. The molecule has 0 atom stereocenters. The quantitative estimate of drug-likeness (QED) is 0.0716. The Bertz CT molecular complexity index is 670. The van der Waals surface area contributed by atoms with Crippen LogP contribution in [0.1, 0.15) is 84.1 Å². The van der Waals surface area contributed by atoms with Crippen LogP contribution in [-0.2, 0) is 29.4 Å². The van der Waals surface area contributed by atoms with Gasteiger partial charge in [0.2, 0.25) is 0 Å². The molecule has 0 radical (unpaired) electrons. The normalized spacial score (nSPS) is 11.5. The van der Waals surface area contributed by atoms with Crippen LogP contribution < -0.4 is 0 Å². The van der Waals surface area contributed by atoms with E-state index in [2.05, 4.69) is 0 Å². The Balaban J connectivity index is 2.09. The van der Waals surface area contributed by atoms with Crippen molar-refractivity contribution < 1.29 is 27.7 Å². The van der Waals surface area contributed by atoms with Gasteiger partial charge in [0.25, 0.3) is 5.69 Å². The lowest BCUT2D eigenvalue weighted by molar-refractivity contribution is -0.385. The molecule has 0 aliphatic heterocycles. The molecular weight excluding hydrogens is 442 g/mol. The number of rotatable bonds is 20. The van der Waals surface area contributed by atoms with Crippen molar-refractivity contribution in [2.75, 3.05) is 19.8 Å². The van der Waals surface area contributed by atoms with Gasteiger partial charge in [-0.2, -0.15) is 0 Å². The second-order valence-corrected chi connectivity index (χ2v) is 10.6. The summed E-state index contributed by atoms with van der Waals surface area (Å²) in [6.45, 7) is 7.73. The minimum Gasteiger partial charge on any atom is -0.461 e. The van der Waals surface area contributed by atoms with Gasteiger partial charge in [-0.15, -0.1) is 0 Å². The van der Waals surface area contributed by atoms with E-state index in [-0.39, 0.29) is 18.3 Å². The molecule has 0 spiro atoms. The number of benzene rings is 1. The highest BCUT2D eigenvalue weighted by Crippen LogP contribution is 2.21. The van der Waals surface area contributed by atoms with Crippen molar-refractivity contribution in [3.8, 4) is 0 Å². The first-order valence-electron chi connectivity index (χ1n) is 12.3. The molecule has 0 unspecified atom stereocenters. The van der Waals surface area contributed by atoms with Gasteiger partial charge >= 0.3 is 14.8 Å². The zero-order valence-corrected chi connectivity index (χ0v) is 21.5. The van der Waals surface area contributed by atoms with Gasteiger partial charge in [0.05, 0.1) is 10.5 Å². The van der Waals surface area contributed by atoms with Gasteiger partial charge in [-0.25, -0.2) is 0 Å². The van der Waals surface area contributed by atoms with Crippen LogP contribution in [0.25, 0.3) is 0 Å². The number of hydrogen-bond acceptors (Lipinski definition) is 7. The largest absolute Gasteiger partial charge is 0.500 e. The second-order valence-electron chi connectivity index (χ2n) is 7.86. The highest BCUT2D eigenvalue weighted by atomic mass is 28.4. The topological polar surface area (TPSA) is 97.1 Å². The maximum atomic E-state index is 11.9. The first-order chi connectivity index (χ1) is 16.0. The van der Waals surface area contributed by atoms with Crippen molar-refractivity contribution in [2.45, 2.75) is 91.2 Å². The van der Waals surface area contributed by atoms with Gasteiger partial charge in [0.1, 0.15) is 6.61 Å². The van der Waals surface area contributed by atoms with Crippen LogP contribution in [0.4, 0.5) is 5.69 Å². The summed E-state index contributed by atoms with van der Waals surface area (Å²) in [6, 6.07) is 7.19. The first-order valence-corrected chi connectivity index (χ1v) is 14.2. The van der Waals surface area contributed by atoms with Crippen LogP contribution >= 0.6 is 0 Å². The Kier molecular flexibility index (Phi) is 15.6. The number of ether oxygens (including phenoxy) is 1. The van der Waals surface area contributed by atoms with Crippen molar-refractivity contribution in [3.63, 3.8) is 0 Å². The van der Waals surface area contributed by atoms with E-state index < -0.39 is 13.7 Å². The van der Waals surface area contributed by atoms with E-state index in [0.717, 1.165) is 44.6 Å². The van der Waals surface area contributed by atoms with Crippen LogP contribution in [0.5, 0.6) is 0 Å². The Morgan fingerprint density at radius 1 is 0.848 bits per heavy atom. The van der Waals surface area contributed by atoms with Crippen LogP contribution in [0.3, 0.4) is 0 Å². The van der Waals surface area contributed by atoms with E-state index in [9.17, 15) is 14.9 Å². The predicted octanol–water partition coefficient (Wildman–Crippen LogP) is 6.20. The number of para-hydroxylation sites is 1. The van der Waals surface area contributed by atoms with Crippen LogP contribution in [0.15, 0.2) is 24.3 Å². The molecule has 0 heterocycles. The monoisotopic (exact) mass is 483 g/mol. The molecule has 0 aliphatic carbocycles. The molecule has 1 aromatic carbocycles. The van der Waals surface area contributed by atoms with Crippen molar-refractivity contribution in [2.24, 2.45) is 0 Å². The van der Waals surface area contributed by atoms with E-state index in [0.29, 0.717) is 31.8 Å². The number of nitro groups is 1. The van der Waals surface area contributed by atoms with Crippen molar-refractivity contribution >= 4 is 20.5 Å². The molecule has 1 rings (SSSR count). The zero-order chi connectivity index (χ0) is 24.4. The van der Waals surface area contributed by atoms with E-state index >= 15 is 0 Å². The third-order valence-corrected chi connectivity index (χ3v) is 8.44. The Hall–Kier alpha value is -1.81. The zero-order valence-electron chi connectivity index (χ0n) is 20.5. The van der Waals surface area contributed by atoms with Gasteiger partial charge in [0.15, 0.2) is 0 Å². The van der Waals surface area contributed by atoms with Crippen LogP contribution in [-0.4, -0.2) is 39.5 Å². The van der Waals surface area contributed by atoms with Gasteiger partial charge in [-0.05, 0) is 39.7 Å². The van der Waals surface area contributed by atoms with E-state index in [4.69, 9.17) is 18.0 Å². The second kappa shape index (κ2) is 17.6. The van der Waals surface area contributed by atoms with E-state index in [1.165, 1.54) is 18.9 Å². The SMILES string of the molecule is CCO[Si](CCCCCCCCCCC(=O)OCc1ccccc1[N+](=O)[O-])(OCC)OCC. The molecule has 0 bridgehead atoms. The molecule has 0 saturated heterocycles. The maximum absolute atomic E-state index is 11.9. The third-order valence-electron chi connectivity index (χ3n) is 5.28. The molecular formula is C24H41NO7Si. The Labute approximate surface area is 199 Å². The summed E-state index contributed by atoms with van der Waals surface area (Å²) < 4.78 is 22.9. The number of esters is 1. The molecule has 0 N–H and O–H groups in total. The highest BCUT2D eigenvalue weighted by molar-refractivity contribution is 6.60. The summed E-state index contributed by atoms with van der Waals surface area (Å²) in [6.07, 6.45) is 8.89. The molecule has 33 heavy (non-hydrogen) atoms. The maximum Gasteiger partial charge on any atom is 0.500 e. The van der Waals surface area contributed by atoms with E-state index in [1.54, 1.807) is 18.2 Å². The van der Waals surface area contributed by atoms with Crippen LogP contribution in [0.2, 0.25) is 6.04 Å². The van der Waals surface area contributed by atoms with Gasteiger partial charge in [0, 0.05) is 38.4 Å². The summed E-state index contributed by atoms with van der Waals surface area (Å²) >= 11 is 0.